The average molecular weight is 250 g/mol. The zero-order valence-electron chi connectivity index (χ0n) is 10.8. The molecule has 0 atom stereocenters. The van der Waals surface area contributed by atoms with Gasteiger partial charge in [-0.25, -0.2) is 4.39 Å². The van der Waals surface area contributed by atoms with Gasteiger partial charge in [-0.15, -0.1) is 0 Å². The van der Waals surface area contributed by atoms with Gasteiger partial charge in [-0.3, -0.25) is 4.79 Å². The normalized spacial score (nSPS) is 16.8. The summed E-state index contributed by atoms with van der Waals surface area (Å²) in [5.74, 6) is -0.587. The number of nitrogens with one attached hydrogen (secondary N) is 2. The van der Waals surface area contributed by atoms with Crippen molar-refractivity contribution in [2.45, 2.75) is 38.6 Å². The molecule has 1 aromatic rings. The van der Waals surface area contributed by atoms with Crippen molar-refractivity contribution in [1.29, 1.82) is 0 Å². The lowest BCUT2D eigenvalue weighted by atomic mass is 9.78. The Kier molecular flexibility index (Phi) is 3.55. The first kappa shape index (κ1) is 12.9. The summed E-state index contributed by atoms with van der Waals surface area (Å²) in [6.45, 7) is 4.49. The molecular formula is C14H19FN2O. The Hall–Kier alpha value is -1.58. The van der Waals surface area contributed by atoms with Gasteiger partial charge >= 0.3 is 0 Å². The molecule has 1 amide bonds. The Morgan fingerprint density at radius 3 is 2.72 bits per heavy atom. The van der Waals surface area contributed by atoms with Crippen molar-refractivity contribution in [2.75, 3.05) is 11.9 Å². The predicted molar refractivity (Wildman–Crippen MR) is 70.3 cm³/mol. The van der Waals surface area contributed by atoms with Crippen LogP contribution in [0.3, 0.4) is 0 Å². The third-order valence-corrected chi connectivity index (χ3v) is 3.48. The van der Waals surface area contributed by atoms with Gasteiger partial charge in [0, 0.05) is 12.1 Å². The molecule has 2 N–H and O–H groups in total. The molecule has 1 fully saturated rings. The van der Waals surface area contributed by atoms with Crippen molar-refractivity contribution in [3.8, 4) is 0 Å². The molecule has 98 valence electrons. The monoisotopic (exact) mass is 250 g/mol. The Balaban J connectivity index is 2.21. The number of rotatable bonds is 4. The van der Waals surface area contributed by atoms with Crippen molar-refractivity contribution in [3.05, 3.63) is 29.6 Å². The van der Waals surface area contributed by atoms with E-state index < -0.39 is 0 Å². The molecule has 0 unspecified atom stereocenters. The molecule has 0 aliphatic heterocycles. The lowest BCUT2D eigenvalue weighted by molar-refractivity contribution is 0.0851. The number of anilines is 1. The van der Waals surface area contributed by atoms with Crippen LogP contribution in [0, 0.1) is 5.82 Å². The zero-order valence-corrected chi connectivity index (χ0v) is 10.8. The van der Waals surface area contributed by atoms with E-state index in [2.05, 4.69) is 10.6 Å². The number of amides is 1. The van der Waals surface area contributed by atoms with Crippen LogP contribution >= 0.6 is 0 Å². The number of para-hydroxylation sites is 1. The molecule has 1 saturated carbocycles. The van der Waals surface area contributed by atoms with E-state index in [1.807, 2.05) is 13.8 Å². The maximum absolute atomic E-state index is 13.7. The lowest BCUT2D eigenvalue weighted by Gasteiger charge is -2.39. The molecular weight excluding hydrogens is 231 g/mol. The second-order valence-electron chi connectivity index (χ2n) is 5.06. The molecule has 1 aliphatic rings. The Morgan fingerprint density at radius 1 is 1.44 bits per heavy atom. The standard InChI is InChI=1S/C14H19FN2O/c1-3-16-12-10(6-4-7-11(12)15)13(18)17-14(2)8-5-9-14/h4,6-7,16H,3,5,8-9H2,1-2H3,(H,17,18). The van der Waals surface area contributed by atoms with Crippen LogP contribution in [0.5, 0.6) is 0 Å². The second kappa shape index (κ2) is 4.96. The summed E-state index contributed by atoms with van der Waals surface area (Å²) in [6, 6.07) is 4.58. The van der Waals surface area contributed by atoms with Gasteiger partial charge in [0.05, 0.1) is 11.3 Å². The number of carbonyl (C=O) groups is 1. The molecule has 0 saturated heterocycles. The van der Waals surface area contributed by atoms with E-state index in [1.54, 1.807) is 12.1 Å². The van der Waals surface area contributed by atoms with E-state index in [0.717, 1.165) is 19.3 Å². The summed E-state index contributed by atoms with van der Waals surface area (Å²) < 4.78 is 13.7. The van der Waals surface area contributed by atoms with E-state index in [0.29, 0.717) is 17.8 Å². The third kappa shape index (κ3) is 2.47. The molecule has 2 rings (SSSR count). The van der Waals surface area contributed by atoms with Crippen LogP contribution in [0.15, 0.2) is 18.2 Å². The average Bonchev–Trinajstić information content (AvgIpc) is 2.30. The fraction of sp³-hybridized carbons (Fsp3) is 0.500. The number of halogens is 1. The van der Waals surface area contributed by atoms with Gasteiger partial charge in [-0.1, -0.05) is 6.07 Å². The minimum absolute atomic E-state index is 0.118. The third-order valence-electron chi connectivity index (χ3n) is 3.48. The van der Waals surface area contributed by atoms with Gasteiger partial charge in [0.25, 0.3) is 5.91 Å². The highest BCUT2D eigenvalue weighted by Gasteiger charge is 2.33. The summed E-state index contributed by atoms with van der Waals surface area (Å²) in [5, 5.41) is 5.90. The molecule has 18 heavy (non-hydrogen) atoms. The Labute approximate surface area is 107 Å². The van der Waals surface area contributed by atoms with Gasteiger partial charge in [0.15, 0.2) is 0 Å². The maximum Gasteiger partial charge on any atom is 0.253 e. The molecule has 4 heteroatoms. The first-order chi connectivity index (χ1) is 8.56. The highest BCUT2D eigenvalue weighted by molar-refractivity contribution is 6.00. The largest absolute Gasteiger partial charge is 0.382 e. The molecule has 0 radical (unpaired) electrons. The molecule has 0 spiro atoms. The highest BCUT2D eigenvalue weighted by atomic mass is 19.1. The number of carbonyl (C=O) groups excluding carboxylic acids is 1. The number of benzene rings is 1. The van der Waals surface area contributed by atoms with Crippen LogP contribution in [0.4, 0.5) is 10.1 Å². The first-order valence-electron chi connectivity index (χ1n) is 6.40. The SMILES string of the molecule is CCNc1c(F)cccc1C(=O)NC1(C)CCC1. The van der Waals surface area contributed by atoms with Gasteiger partial charge in [0.2, 0.25) is 0 Å². The summed E-state index contributed by atoms with van der Waals surface area (Å²) >= 11 is 0. The van der Waals surface area contributed by atoms with Gasteiger partial charge in [-0.05, 0) is 45.2 Å². The summed E-state index contributed by atoms with van der Waals surface area (Å²) in [6.07, 6.45) is 3.12. The van der Waals surface area contributed by atoms with Crippen LogP contribution in [-0.4, -0.2) is 18.0 Å². The summed E-state index contributed by atoms with van der Waals surface area (Å²) in [5.41, 5.74) is 0.553. The van der Waals surface area contributed by atoms with E-state index in [-0.39, 0.29) is 17.3 Å². The maximum atomic E-state index is 13.7. The van der Waals surface area contributed by atoms with Crippen molar-refractivity contribution in [1.82, 2.24) is 5.32 Å². The molecule has 0 bridgehead atoms. The van der Waals surface area contributed by atoms with E-state index in [9.17, 15) is 9.18 Å². The van der Waals surface area contributed by atoms with Crippen LogP contribution in [0.2, 0.25) is 0 Å². The van der Waals surface area contributed by atoms with Crippen LogP contribution < -0.4 is 10.6 Å². The van der Waals surface area contributed by atoms with Gasteiger partial charge in [0.1, 0.15) is 5.82 Å². The van der Waals surface area contributed by atoms with E-state index in [1.165, 1.54) is 6.07 Å². The van der Waals surface area contributed by atoms with E-state index in [4.69, 9.17) is 0 Å². The van der Waals surface area contributed by atoms with Gasteiger partial charge < -0.3 is 10.6 Å². The fourth-order valence-electron chi connectivity index (χ4n) is 2.24. The Morgan fingerprint density at radius 2 is 2.17 bits per heavy atom. The highest BCUT2D eigenvalue weighted by Crippen LogP contribution is 2.31. The van der Waals surface area contributed by atoms with Crippen molar-refractivity contribution in [3.63, 3.8) is 0 Å². The lowest BCUT2D eigenvalue weighted by Crippen LogP contribution is -2.51. The topological polar surface area (TPSA) is 41.1 Å². The number of hydrogen-bond acceptors (Lipinski definition) is 2. The van der Waals surface area contributed by atoms with Crippen molar-refractivity contribution in [2.24, 2.45) is 0 Å². The first-order valence-corrected chi connectivity index (χ1v) is 6.40. The molecule has 0 aromatic heterocycles. The fourth-order valence-corrected chi connectivity index (χ4v) is 2.24. The number of hydrogen-bond donors (Lipinski definition) is 2. The predicted octanol–water partition coefficient (Wildman–Crippen LogP) is 2.93. The minimum atomic E-state index is -0.386. The Bertz CT molecular complexity index is 455. The van der Waals surface area contributed by atoms with E-state index >= 15 is 0 Å². The molecule has 1 aliphatic carbocycles. The van der Waals surface area contributed by atoms with Crippen molar-refractivity contribution >= 4 is 11.6 Å². The zero-order chi connectivity index (χ0) is 13.2. The van der Waals surface area contributed by atoms with Gasteiger partial charge in [-0.2, -0.15) is 0 Å². The summed E-state index contributed by atoms with van der Waals surface area (Å²) in [4.78, 5) is 12.2. The quantitative estimate of drug-likeness (QED) is 0.862. The molecule has 0 heterocycles. The smallest absolute Gasteiger partial charge is 0.253 e. The molecule has 3 nitrogen and oxygen atoms in total. The second-order valence-corrected chi connectivity index (χ2v) is 5.06. The minimum Gasteiger partial charge on any atom is -0.382 e. The van der Waals surface area contributed by atoms with Crippen LogP contribution in [0.1, 0.15) is 43.5 Å². The van der Waals surface area contributed by atoms with Crippen LogP contribution in [0.25, 0.3) is 0 Å². The summed E-state index contributed by atoms with van der Waals surface area (Å²) in [7, 11) is 0. The van der Waals surface area contributed by atoms with Crippen molar-refractivity contribution < 1.29 is 9.18 Å². The molecule has 1 aromatic carbocycles. The van der Waals surface area contributed by atoms with Crippen LogP contribution in [-0.2, 0) is 0 Å².